The van der Waals surface area contributed by atoms with Crippen molar-refractivity contribution in [3.63, 3.8) is 0 Å². The summed E-state index contributed by atoms with van der Waals surface area (Å²) in [5.74, 6) is 0. The van der Waals surface area contributed by atoms with Crippen LogP contribution >= 0.6 is 11.6 Å². The molecule has 0 unspecified atom stereocenters. The maximum absolute atomic E-state index is 12.3. The van der Waals surface area contributed by atoms with Gasteiger partial charge in [0.15, 0.2) is 5.69 Å². The fraction of sp³-hybridized carbons (Fsp3) is 0.111. The molecule has 0 spiro atoms. The molecule has 2 amide bonds. The van der Waals surface area contributed by atoms with Crippen LogP contribution in [0, 0.1) is 6.92 Å². The molecule has 7 heteroatoms. The molecule has 0 aliphatic carbocycles. The van der Waals surface area contributed by atoms with Crippen molar-refractivity contribution in [1.29, 1.82) is 0 Å². The van der Waals surface area contributed by atoms with Crippen LogP contribution in [0.2, 0.25) is 5.02 Å². The molecule has 3 aromatic rings. The topological polar surface area (TPSA) is 83.4 Å². The lowest BCUT2D eigenvalue weighted by Crippen LogP contribution is -2.24. The first kappa shape index (κ1) is 16.9. The van der Waals surface area contributed by atoms with Crippen LogP contribution in [0.1, 0.15) is 5.56 Å². The number of fused-ring (bicyclic) bond motifs is 1. The third kappa shape index (κ3) is 3.44. The predicted molar refractivity (Wildman–Crippen MR) is 101 cm³/mol. The van der Waals surface area contributed by atoms with Gasteiger partial charge >= 0.3 is 11.7 Å². The highest BCUT2D eigenvalue weighted by molar-refractivity contribution is 6.31. The monoisotopic (exact) mass is 357 g/mol. The Bertz CT molecular complexity index is 1010. The molecule has 2 aromatic carbocycles. The lowest BCUT2D eigenvalue weighted by Gasteiger charge is -2.13. The average Bonchev–Trinajstić information content (AvgIpc) is 2.59. The zero-order chi connectivity index (χ0) is 18.0. The molecule has 6 nitrogen and oxygen atoms in total. The molecule has 1 heterocycles. The van der Waals surface area contributed by atoms with Crippen molar-refractivity contribution >= 4 is 45.7 Å². The van der Waals surface area contributed by atoms with Gasteiger partial charge in [-0.05, 0) is 36.8 Å². The van der Waals surface area contributed by atoms with Gasteiger partial charge < -0.3 is 15.1 Å². The standard InChI is InChI=1S/C18H16ClN3O3/c1-10-7-8-11(19)9-13(10)21-18(24)22-16-15(20-2)12-5-3-4-6-14(12)25-17(16)23/h3-9,20H,1-2H3,(H2,21,22,24). The van der Waals surface area contributed by atoms with Crippen LogP contribution in [0.25, 0.3) is 11.0 Å². The van der Waals surface area contributed by atoms with Crippen LogP contribution in [0.3, 0.4) is 0 Å². The molecular weight excluding hydrogens is 342 g/mol. The molecule has 0 aliphatic heterocycles. The number of halogens is 1. The van der Waals surface area contributed by atoms with Gasteiger partial charge in [-0.1, -0.05) is 29.8 Å². The predicted octanol–water partition coefficient (Wildman–Crippen LogP) is 4.44. The third-order valence-corrected chi connectivity index (χ3v) is 3.98. The Labute approximate surface area is 148 Å². The number of hydrogen-bond acceptors (Lipinski definition) is 4. The molecule has 3 N–H and O–H groups in total. The van der Waals surface area contributed by atoms with Gasteiger partial charge in [-0.2, -0.15) is 0 Å². The summed E-state index contributed by atoms with van der Waals surface area (Å²) in [5, 5.41) is 9.38. The van der Waals surface area contributed by atoms with Crippen LogP contribution in [-0.4, -0.2) is 13.1 Å². The van der Waals surface area contributed by atoms with Crippen LogP contribution in [0.15, 0.2) is 51.7 Å². The van der Waals surface area contributed by atoms with Gasteiger partial charge in [-0.15, -0.1) is 0 Å². The smallest absolute Gasteiger partial charge is 0.362 e. The van der Waals surface area contributed by atoms with Gasteiger partial charge in [0.05, 0.1) is 5.69 Å². The largest absolute Gasteiger partial charge is 0.421 e. The van der Waals surface area contributed by atoms with Crippen molar-refractivity contribution in [3.05, 3.63) is 63.5 Å². The first-order valence-electron chi connectivity index (χ1n) is 7.57. The number of benzene rings is 2. The van der Waals surface area contributed by atoms with Crippen molar-refractivity contribution in [2.24, 2.45) is 0 Å². The molecular formula is C18H16ClN3O3. The number of carbonyl (C=O) groups is 1. The quantitative estimate of drug-likeness (QED) is 0.605. The summed E-state index contributed by atoms with van der Waals surface area (Å²) in [6.07, 6.45) is 0. The Hall–Kier alpha value is -2.99. The fourth-order valence-electron chi connectivity index (χ4n) is 2.52. The van der Waals surface area contributed by atoms with Crippen LogP contribution in [-0.2, 0) is 0 Å². The van der Waals surface area contributed by atoms with Crippen LogP contribution in [0.5, 0.6) is 0 Å². The minimum atomic E-state index is -0.638. The lowest BCUT2D eigenvalue weighted by molar-refractivity contribution is 0.262. The van der Waals surface area contributed by atoms with Crippen molar-refractivity contribution < 1.29 is 9.21 Å². The second-order valence-electron chi connectivity index (χ2n) is 5.42. The Balaban J connectivity index is 1.94. The van der Waals surface area contributed by atoms with Crippen molar-refractivity contribution in [2.75, 3.05) is 23.0 Å². The normalized spacial score (nSPS) is 10.5. The first-order valence-corrected chi connectivity index (χ1v) is 7.95. The molecule has 25 heavy (non-hydrogen) atoms. The van der Waals surface area contributed by atoms with Gasteiger partial charge in [0, 0.05) is 23.1 Å². The van der Waals surface area contributed by atoms with E-state index in [9.17, 15) is 9.59 Å². The Morgan fingerprint density at radius 3 is 2.60 bits per heavy atom. The Morgan fingerprint density at radius 1 is 1.08 bits per heavy atom. The van der Waals surface area contributed by atoms with E-state index in [1.54, 1.807) is 43.4 Å². The number of nitrogens with one attached hydrogen (secondary N) is 3. The number of para-hydroxylation sites is 1. The minimum absolute atomic E-state index is 0.0402. The average molecular weight is 358 g/mol. The van der Waals surface area contributed by atoms with Crippen LogP contribution in [0.4, 0.5) is 21.9 Å². The summed E-state index contributed by atoms with van der Waals surface area (Å²) in [6.45, 7) is 1.84. The number of hydrogen-bond donors (Lipinski definition) is 3. The maximum Gasteiger partial charge on any atom is 0.362 e. The molecule has 0 aliphatic rings. The second-order valence-corrected chi connectivity index (χ2v) is 5.86. The van der Waals surface area contributed by atoms with Crippen molar-refractivity contribution in [3.8, 4) is 0 Å². The summed E-state index contributed by atoms with van der Waals surface area (Å²) in [5.41, 5.74) is 1.73. The maximum atomic E-state index is 12.3. The molecule has 0 radical (unpaired) electrons. The highest BCUT2D eigenvalue weighted by atomic mass is 35.5. The molecule has 0 bridgehead atoms. The number of urea groups is 1. The molecule has 0 fully saturated rings. The van der Waals surface area contributed by atoms with Gasteiger partial charge in [0.1, 0.15) is 5.58 Å². The SMILES string of the molecule is CNc1c(NC(=O)Nc2cc(Cl)ccc2C)c(=O)oc2ccccc12. The van der Waals surface area contributed by atoms with E-state index in [0.29, 0.717) is 27.4 Å². The number of rotatable bonds is 3. The number of aryl methyl sites for hydroxylation is 1. The fourth-order valence-corrected chi connectivity index (χ4v) is 2.69. The lowest BCUT2D eigenvalue weighted by atomic mass is 10.2. The van der Waals surface area contributed by atoms with Gasteiger partial charge in [0.2, 0.25) is 0 Å². The second kappa shape index (κ2) is 6.86. The van der Waals surface area contributed by atoms with E-state index in [-0.39, 0.29) is 5.69 Å². The molecule has 0 saturated carbocycles. The van der Waals surface area contributed by atoms with E-state index < -0.39 is 11.7 Å². The summed E-state index contributed by atoms with van der Waals surface area (Å²) < 4.78 is 5.27. The summed E-state index contributed by atoms with van der Waals surface area (Å²) in [4.78, 5) is 24.6. The minimum Gasteiger partial charge on any atom is -0.421 e. The number of amides is 2. The summed E-state index contributed by atoms with van der Waals surface area (Å²) in [6, 6.07) is 11.7. The first-order chi connectivity index (χ1) is 12.0. The third-order valence-electron chi connectivity index (χ3n) is 3.75. The molecule has 0 saturated heterocycles. The van der Waals surface area contributed by atoms with E-state index in [1.807, 2.05) is 13.0 Å². The van der Waals surface area contributed by atoms with Crippen molar-refractivity contribution in [1.82, 2.24) is 0 Å². The van der Waals surface area contributed by atoms with E-state index in [2.05, 4.69) is 16.0 Å². The molecule has 3 rings (SSSR count). The highest BCUT2D eigenvalue weighted by Crippen LogP contribution is 2.28. The van der Waals surface area contributed by atoms with Crippen molar-refractivity contribution in [2.45, 2.75) is 6.92 Å². The van der Waals surface area contributed by atoms with E-state index in [4.69, 9.17) is 16.0 Å². The van der Waals surface area contributed by atoms with E-state index in [1.165, 1.54) is 0 Å². The van der Waals surface area contributed by atoms with Crippen LogP contribution < -0.4 is 21.6 Å². The summed E-state index contributed by atoms with van der Waals surface area (Å²) >= 11 is 5.95. The summed E-state index contributed by atoms with van der Waals surface area (Å²) in [7, 11) is 1.67. The Kier molecular flexibility index (Phi) is 4.63. The van der Waals surface area contributed by atoms with E-state index >= 15 is 0 Å². The molecule has 1 aromatic heterocycles. The van der Waals surface area contributed by atoms with Gasteiger partial charge in [-0.25, -0.2) is 9.59 Å². The highest BCUT2D eigenvalue weighted by Gasteiger charge is 2.16. The molecule has 0 atom stereocenters. The van der Waals surface area contributed by atoms with Gasteiger partial charge in [0.25, 0.3) is 0 Å². The van der Waals surface area contributed by atoms with Gasteiger partial charge in [-0.3, -0.25) is 5.32 Å². The zero-order valence-electron chi connectivity index (χ0n) is 13.6. The zero-order valence-corrected chi connectivity index (χ0v) is 14.4. The number of carbonyl (C=O) groups excluding carboxylic acids is 1. The molecule has 128 valence electrons. The Morgan fingerprint density at radius 2 is 1.84 bits per heavy atom. The van der Waals surface area contributed by atoms with E-state index in [0.717, 1.165) is 5.56 Å². The number of anilines is 3.